The summed E-state index contributed by atoms with van der Waals surface area (Å²) in [5.41, 5.74) is -2.50. The summed E-state index contributed by atoms with van der Waals surface area (Å²) in [4.78, 5) is 48.7. The molecule has 0 saturated heterocycles. The number of aliphatic carboxylic acids is 3. The first-order chi connectivity index (χ1) is 21.9. The number of amides is 1. The first kappa shape index (κ1) is 40.1. The summed E-state index contributed by atoms with van der Waals surface area (Å²) in [6.07, 6.45) is 10.2. The monoisotopic (exact) mass is 647 g/mol. The molecule has 1 rings (SSSR count). The van der Waals surface area contributed by atoms with Crippen LogP contribution in [-0.4, -0.2) is 68.7 Å². The van der Waals surface area contributed by atoms with E-state index in [1.165, 1.54) is 12.5 Å². The van der Waals surface area contributed by atoms with Crippen molar-refractivity contribution in [1.29, 1.82) is 0 Å². The molecule has 1 amide bonds. The Bertz CT molecular complexity index is 1170. The number of allylic oxidation sites excluding steroid dienone is 1. The molecule has 46 heavy (non-hydrogen) atoms. The van der Waals surface area contributed by atoms with Crippen molar-refractivity contribution in [2.75, 3.05) is 6.61 Å². The normalized spacial score (nSPS) is 14.3. The van der Waals surface area contributed by atoms with Crippen LogP contribution in [0.1, 0.15) is 103 Å². The fourth-order valence-electron chi connectivity index (χ4n) is 4.95. The van der Waals surface area contributed by atoms with Gasteiger partial charge in [-0.15, -0.1) is 5.92 Å². The molecule has 0 aliphatic heterocycles. The van der Waals surface area contributed by atoms with Crippen LogP contribution in [0.3, 0.4) is 0 Å². The molecule has 0 aromatic heterocycles. The molecule has 1 aromatic rings. The molecule has 1 aromatic carbocycles. The van der Waals surface area contributed by atoms with Gasteiger partial charge >= 0.3 is 17.9 Å². The maximum atomic E-state index is 14.1. The standard InChI is InChI=1S/C35H50FNO9/c1-3-5-7-10-13-16-27(36)17-14-11-8-9-12-15-18-29(35(45,34(43)44)25-31(38)39)32(40)37-30(33(41)42)24-26-19-21-28(22-20-26)46-23-6-4-2/h15,18-22,27,29-30,45H,3,5,7-14,16-17,23-25H2,1-2H3,(H,37,40)(H,38,39)(H,41,42)(H,43,44)/b18-15+/t27-,29?,30-,35-/m0/s1. The van der Waals surface area contributed by atoms with Crippen molar-refractivity contribution < 1.29 is 48.7 Å². The van der Waals surface area contributed by atoms with Gasteiger partial charge in [0, 0.05) is 6.42 Å². The van der Waals surface area contributed by atoms with Gasteiger partial charge in [-0.1, -0.05) is 88.5 Å². The number of hydrogen-bond donors (Lipinski definition) is 5. The molecule has 11 heteroatoms. The number of alkyl halides is 1. The highest BCUT2D eigenvalue weighted by Gasteiger charge is 2.49. The van der Waals surface area contributed by atoms with E-state index in [9.17, 15) is 44.0 Å². The lowest BCUT2D eigenvalue weighted by Crippen LogP contribution is -2.55. The lowest BCUT2D eigenvalue weighted by molar-refractivity contribution is -0.172. The minimum absolute atomic E-state index is 0.171. The average Bonchev–Trinajstić information content (AvgIpc) is 3.00. The van der Waals surface area contributed by atoms with Crippen LogP contribution in [0.25, 0.3) is 0 Å². The van der Waals surface area contributed by atoms with Gasteiger partial charge in [-0.05, 0) is 50.3 Å². The number of ether oxygens (including phenoxy) is 1. The number of carbonyl (C=O) groups is 4. The summed E-state index contributed by atoms with van der Waals surface area (Å²) in [5.74, 6) is -2.05. The quantitative estimate of drug-likeness (QED) is 0.0507. The smallest absolute Gasteiger partial charge is 0.337 e. The van der Waals surface area contributed by atoms with Crippen molar-refractivity contribution in [3.05, 3.63) is 42.0 Å². The van der Waals surface area contributed by atoms with Gasteiger partial charge in [-0.25, -0.2) is 14.0 Å². The Morgan fingerprint density at radius 3 is 2.11 bits per heavy atom. The lowest BCUT2D eigenvalue weighted by Gasteiger charge is -2.29. The molecule has 1 unspecified atom stereocenters. The topological polar surface area (TPSA) is 170 Å². The Balaban J connectivity index is 2.82. The van der Waals surface area contributed by atoms with Gasteiger partial charge in [0.1, 0.15) is 24.6 Å². The first-order valence-corrected chi connectivity index (χ1v) is 16.1. The van der Waals surface area contributed by atoms with Crippen LogP contribution in [0.5, 0.6) is 5.75 Å². The fraction of sp³-hybridized carbons (Fsp3) is 0.600. The number of halogens is 1. The minimum Gasteiger partial charge on any atom is -0.481 e. The van der Waals surface area contributed by atoms with E-state index in [0.29, 0.717) is 37.0 Å². The molecular weight excluding hydrogens is 597 g/mol. The highest BCUT2D eigenvalue weighted by atomic mass is 19.1. The third-order valence-corrected chi connectivity index (χ3v) is 7.64. The van der Waals surface area contributed by atoms with Gasteiger partial charge in [0.05, 0.1) is 12.3 Å². The molecule has 256 valence electrons. The zero-order valence-corrected chi connectivity index (χ0v) is 27.0. The second-order valence-corrected chi connectivity index (χ2v) is 11.5. The van der Waals surface area contributed by atoms with Crippen LogP contribution in [0.15, 0.2) is 36.4 Å². The van der Waals surface area contributed by atoms with Crippen molar-refractivity contribution in [3.63, 3.8) is 0 Å². The molecule has 0 heterocycles. The molecule has 0 spiro atoms. The Hall–Kier alpha value is -3.91. The maximum Gasteiger partial charge on any atom is 0.337 e. The summed E-state index contributed by atoms with van der Waals surface area (Å²) in [7, 11) is 0. The van der Waals surface area contributed by atoms with Gasteiger partial charge in [-0.3, -0.25) is 9.59 Å². The number of nitrogens with one attached hydrogen (secondary N) is 1. The third kappa shape index (κ3) is 15.9. The lowest BCUT2D eigenvalue weighted by atomic mass is 9.82. The molecule has 0 saturated carbocycles. The third-order valence-electron chi connectivity index (χ3n) is 7.64. The Kier molecular flexibility index (Phi) is 19.7. The minimum atomic E-state index is -3.03. The van der Waals surface area contributed by atoms with E-state index in [1.807, 2.05) is 0 Å². The van der Waals surface area contributed by atoms with E-state index in [4.69, 9.17) is 4.74 Å². The molecule has 4 atom stereocenters. The summed E-state index contributed by atoms with van der Waals surface area (Å²) in [5, 5.41) is 41.9. The van der Waals surface area contributed by atoms with Crippen molar-refractivity contribution in [1.82, 2.24) is 5.32 Å². The largest absolute Gasteiger partial charge is 0.481 e. The molecule has 10 nitrogen and oxygen atoms in total. The van der Waals surface area contributed by atoms with Crippen LogP contribution in [0.2, 0.25) is 0 Å². The summed E-state index contributed by atoms with van der Waals surface area (Å²) in [6, 6.07) is 4.93. The SMILES string of the molecule is CC#CCOc1ccc(C[C@H](NC(=O)C(/C=C/CCCCCC[C@@H](F)CCCCCCC)[C@@](O)(CC(=O)O)C(=O)O)C(=O)O)cc1. The fourth-order valence-corrected chi connectivity index (χ4v) is 4.95. The van der Waals surface area contributed by atoms with Crippen molar-refractivity contribution in [3.8, 4) is 17.6 Å². The molecule has 0 radical (unpaired) electrons. The number of rotatable bonds is 25. The van der Waals surface area contributed by atoms with Gasteiger partial charge in [0.2, 0.25) is 5.91 Å². The van der Waals surface area contributed by atoms with Crippen LogP contribution < -0.4 is 10.1 Å². The van der Waals surface area contributed by atoms with Gasteiger partial charge in [-0.2, -0.15) is 0 Å². The first-order valence-electron chi connectivity index (χ1n) is 16.1. The molecule has 0 bridgehead atoms. The van der Waals surface area contributed by atoms with Crippen LogP contribution in [-0.2, 0) is 25.6 Å². The maximum absolute atomic E-state index is 14.1. The number of hydrogen-bond acceptors (Lipinski definition) is 6. The summed E-state index contributed by atoms with van der Waals surface area (Å²) < 4.78 is 19.5. The summed E-state index contributed by atoms with van der Waals surface area (Å²) >= 11 is 0. The van der Waals surface area contributed by atoms with E-state index in [0.717, 1.165) is 51.0 Å². The predicted molar refractivity (Wildman–Crippen MR) is 172 cm³/mol. The van der Waals surface area contributed by atoms with E-state index in [1.54, 1.807) is 31.2 Å². The second-order valence-electron chi connectivity index (χ2n) is 11.5. The Morgan fingerprint density at radius 2 is 1.57 bits per heavy atom. The zero-order valence-electron chi connectivity index (χ0n) is 27.0. The Morgan fingerprint density at radius 1 is 0.957 bits per heavy atom. The highest BCUT2D eigenvalue weighted by molar-refractivity contribution is 5.94. The number of benzene rings is 1. The van der Waals surface area contributed by atoms with Crippen molar-refractivity contribution >= 4 is 23.8 Å². The summed E-state index contributed by atoms with van der Waals surface area (Å²) in [6.45, 7) is 4.00. The zero-order chi connectivity index (χ0) is 34.4. The van der Waals surface area contributed by atoms with E-state index >= 15 is 0 Å². The molecule has 0 aliphatic rings. The van der Waals surface area contributed by atoms with Crippen molar-refractivity contribution in [2.45, 2.75) is 122 Å². The number of carboxylic acids is 3. The number of aliphatic hydroxyl groups is 1. The predicted octanol–water partition coefficient (Wildman–Crippen LogP) is 5.70. The number of carboxylic acid groups (broad SMARTS) is 3. The van der Waals surface area contributed by atoms with Gasteiger partial charge < -0.3 is 30.5 Å². The molecular formula is C35H50FNO9. The van der Waals surface area contributed by atoms with E-state index in [2.05, 4.69) is 24.1 Å². The van der Waals surface area contributed by atoms with Crippen LogP contribution >= 0.6 is 0 Å². The van der Waals surface area contributed by atoms with Crippen LogP contribution in [0, 0.1) is 17.8 Å². The average molecular weight is 648 g/mol. The van der Waals surface area contributed by atoms with Crippen molar-refractivity contribution in [2.24, 2.45) is 5.92 Å². The van der Waals surface area contributed by atoms with E-state index < -0.39 is 54.0 Å². The van der Waals surface area contributed by atoms with Crippen LogP contribution in [0.4, 0.5) is 4.39 Å². The second kappa shape index (κ2) is 22.6. The van der Waals surface area contributed by atoms with Gasteiger partial charge in [0.25, 0.3) is 0 Å². The number of unbranched alkanes of at least 4 members (excludes halogenated alkanes) is 8. The van der Waals surface area contributed by atoms with Gasteiger partial charge in [0.15, 0.2) is 5.60 Å². The highest BCUT2D eigenvalue weighted by Crippen LogP contribution is 2.26. The molecule has 0 aliphatic carbocycles. The number of carbonyl (C=O) groups excluding carboxylic acids is 1. The molecule has 5 N–H and O–H groups in total. The molecule has 0 fully saturated rings. The van der Waals surface area contributed by atoms with E-state index in [-0.39, 0.29) is 13.0 Å². The Labute approximate surface area is 271 Å².